The predicted molar refractivity (Wildman–Crippen MR) is 61.6 cm³/mol. The molecule has 0 unspecified atom stereocenters. The topological polar surface area (TPSA) is 59.2 Å². The van der Waals surface area contributed by atoms with Crippen LogP contribution in [0.5, 0.6) is 0 Å². The normalized spacial score (nSPS) is 10.1. The van der Waals surface area contributed by atoms with E-state index in [-0.39, 0.29) is 5.56 Å². The molecule has 0 fully saturated rings. The summed E-state index contributed by atoms with van der Waals surface area (Å²) in [5, 5.41) is 0. The Morgan fingerprint density at radius 2 is 2.19 bits per heavy atom. The fourth-order valence-electron chi connectivity index (χ4n) is 1.57. The van der Waals surface area contributed by atoms with Crippen molar-refractivity contribution in [1.82, 2.24) is 4.98 Å². The van der Waals surface area contributed by atoms with Gasteiger partial charge in [-0.25, -0.2) is 4.79 Å². The zero-order valence-corrected chi connectivity index (χ0v) is 9.71. The first-order chi connectivity index (χ1) is 7.69. The second-order valence-electron chi connectivity index (χ2n) is 3.68. The number of methoxy groups -OCH3 is 1. The van der Waals surface area contributed by atoms with E-state index in [1.807, 2.05) is 0 Å². The monoisotopic (exact) mass is 223 g/mol. The van der Waals surface area contributed by atoms with Crippen LogP contribution in [0, 0.1) is 0 Å². The molecule has 4 nitrogen and oxygen atoms in total. The van der Waals surface area contributed by atoms with E-state index < -0.39 is 5.97 Å². The number of rotatable bonds is 5. The Bertz CT molecular complexity index is 409. The summed E-state index contributed by atoms with van der Waals surface area (Å²) in [4.78, 5) is 25.2. The molecular weight excluding hydrogens is 206 g/mol. The minimum absolute atomic E-state index is 0.278. The fourth-order valence-corrected chi connectivity index (χ4v) is 1.57. The Morgan fingerprint density at radius 3 is 2.81 bits per heavy atom. The maximum Gasteiger partial charge on any atom is 0.338 e. The summed E-state index contributed by atoms with van der Waals surface area (Å²) >= 11 is 0. The third-order valence-corrected chi connectivity index (χ3v) is 2.47. The lowest BCUT2D eigenvalue weighted by atomic mass is 10.0. The van der Waals surface area contributed by atoms with Crippen LogP contribution in [0.3, 0.4) is 0 Å². The smallest absolute Gasteiger partial charge is 0.338 e. The molecule has 0 bridgehead atoms. The predicted octanol–water partition coefficient (Wildman–Crippen LogP) is 1.89. The lowest BCUT2D eigenvalue weighted by molar-refractivity contribution is 0.0599. The summed E-state index contributed by atoms with van der Waals surface area (Å²) in [5.74, 6) is -0.447. The quantitative estimate of drug-likeness (QED) is 0.612. The van der Waals surface area contributed by atoms with Gasteiger partial charge in [-0.1, -0.05) is 19.8 Å². The van der Waals surface area contributed by atoms with Crippen molar-refractivity contribution >= 4 is 5.97 Å². The molecule has 0 aromatic carbocycles. The Morgan fingerprint density at radius 1 is 1.44 bits per heavy atom. The van der Waals surface area contributed by atoms with Crippen molar-refractivity contribution in [1.29, 1.82) is 0 Å². The van der Waals surface area contributed by atoms with Crippen LogP contribution in [0.1, 0.15) is 42.1 Å². The van der Waals surface area contributed by atoms with E-state index in [9.17, 15) is 9.59 Å². The van der Waals surface area contributed by atoms with Gasteiger partial charge in [0.2, 0.25) is 5.56 Å². The van der Waals surface area contributed by atoms with Gasteiger partial charge in [-0.15, -0.1) is 0 Å². The number of carbonyl (C=O) groups excluding carboxylic acids is 1. The Labute approximate surface area is 94.6 Å². The molecule has 1 heterocycles. The van der Waals surface area contributed by atoms with E-state index in [0.29, 0.717) is 5.56 Å². The molecule has 0 saturated heterocycles. The van der Waals surface area contributed by atoms with Crippen LogP contribution in [0.4, 0.5) is 0 Å². The number of esters is 1. The SMILES string of the molecule is CCCCCc1c[nH]c(=O)cc1C(=O)OC. The zero-order valence-electron chi connectivity index (χ0n) is 9.71. The highest BCUT2D eigenvalue weighted by atomic mass is 16.5. The molecule has 4 heteroatoms. The molecule has 1 aromatic rings. The van der Waals surface area contributed by atoms with Crippen LogP contribution < -0.4 is 5.56 Å². The van der Waals surface area contributed by atoms with Crippen molar-refractivity contribution in [2.75, 3.05) is 7.11 Å². The molecule has 0 atom stereocenters. The average Bonchev–Trinajstić information content (AvgIpc) is 2.30. The number of hydrogen-bond donors (Lipinski definition) is 1. The average molecular weight is 223 g/mol. The van der Waals surface area contributed by atoms with Gasteiger partial charge in [0, 0.05) is 12.3 Å². The van der Waals surface area contributed by atoms with E-state index in [1.165, 1.54) is 13.2 Å². The summed E-state index contributed by atoms with van der Waals surface area (Å²) in [5.41, 5.74) is 0.946. The lowest BCUT2D eigenvalue weighted by Gasteiger charge is -2.06. The summed E-state index contributed by atoms with van der Waals surface area (Å²) in [6.07, 6.45) is 5.63. The highest BCUT2D eigenvalue weighted by molar-refractivity contribution is 5.90. The Hall–Kier alpha value is -1.58. The number of nitrogens with one attached hydrogen (secondary N) is 1. The molecular formula is C12H17NO3. The van der Waals surface area contributed by atoms with Gasteiger partial charge in [-0.3, -0.25) is 4.79 Å². The van der Waals surface area contributed by atoms with Crippen LogP contribution >= 0.6 is 0 Å². The first-order valence-corrected chi connectivity index (χ1v) is 5.49. The van der Waals surface area contributed by atoms with Crippen LogP contribution in [0.25, 0.3) is 0 Å². The van der Waals surface area contributed by atoms with Gasteiger partial charge >= 0.3 is 5.97 Å². The molecule has 0 aliphatic heterocycles. The Kier molecular flexibility index (Phi) is 4.76. The van der Waals surface area contributed by atoms with Gasteiger partial charge in [-0.05, 0) is 18.4 Å². The van der Waals surface area contributed by atoms with Crippen molar-refractivity contribution < 1.29 is 9.53 Å². The number of aryl methyl sites for hydroxylation is 1. The highest BCUT2D eigenvalue weighted by Crippen LogP contribution is 2.11. The van der Waals surface area contributed by atoms with Crippen LogP contribution in [-0.2, 0) is 11.2 Å². The van der Waals surface area contributed by atoms with Crippen molar-refractivity contribution in [2.24, 2.45) is 0 Å². The summed E-state index contributed by atoms with van der Waals surface area (Å²) in [7, 11) is 1.32. The molecule has 0 spiro atoms. The van der Waals surface area contributed by atoms with Gasteiger partial charge in [0.05, 0.1) is 12.7 Å². The molecule has 0 saturated carbocycles. The molecule has 16 heavy (non-hydrogen) atoms. The van der Waals surface area contributed by atoms with Crippen LogP contribution in [0.15, 0.2) is 17.1 Å². The minimum Gasteiger partial charge on any atom is -0.465 e. The van der Waals surface area contributed by atoms with Gasteiger partial charge in [0.25, 0.3) is 0 Å². The van der Waals surface area contributed by atoms with Gasteiger partial charge < -0.3 is 9.72 Å². The van der Waals surface area contributed by atoms with Gasteiger partial charge in [-0.2, -0.15) is 0 Å². The summed E-state index contributed by atoms with van der Waals surface area (Å²) in [6, 6.07) is 1.30. The number of aromatic amines is 1. The molecule has 0 aliphatic rings. The van der Waals surface area contributed by atoms with Crippen molar-refractivity contribution in [3.63, 3.8) is 0 Å². The number of hydrogen-bond acceptors (Lipinski definition) is 3. The molecule has 1 aromatic heterocycles. The third-order valence-electron chi connectivity index (χ3n) is 2.47. The summed E-state index contributed by atoms with van der Waals surface area (Å²) < 4.78 is 4.65. The van der Waals surface area contributed by atoms with Crippen LogP contribution in [0.2, 0.25) is 0 Å². The first-order valence-electron chi connectivity index (χ1n) is 5.49. The molecule has 1 rings (SSSR count). The number of pyridine rings is 1. The van der Waals surface area contributed by atoms with E-state index >= 15 is 0 Å². The first kappa shape index (κ1) is 12.5. The fraction of sp³-hybridized carbons (Fsp3) is 0.500. The largest absolute Gasteiger partial charge is 0.465 e. The Balaban J connectivity index is 2.89. The number of unbranched alkanes of at least 4 members (excludes halogenated alkanes) is 2. The van der Waals surface area contributed by atoms with Gasteiger partial charge in [0.15, 0.2) is 0 Å². The molecule has 0 radical (unpaired) electrons. The maximum absolute atomic E-state index is 11.4. The number of aromatic nitrogens is 1. The van der Waals surface area contributed by atoms with E-state index in [1.54, 1.807) is 6.20 Å². The summed E-state index contributed by atoms with van der Waals surface area (Å²) in [6.45, 7) is 2.12. The number of carbonyl (C=O) groups is 1. The van der Waals surface area contributed by atoms with E-state index in [2.05, 4.69) is 16.6 Å². The molecule has 0 amide bonds. The number of H-pyrrole nitrogens is 1. The van der Waals surface area contributed by atoms with Crippen molar-refractivity contribution in [3.05, 3.63) is 33.7 Å². The maximum atomic E-state index is 11.4. The third kappa shape index (κ3) is 3.22. The zero-order chi connectivity index (χ0) is 12.0. The van der Waals surface area contributed by atoms with E-state index in [4.69, 9.17) is 0 Å². The molecule has 1 N–H and O–H groups in total. The van der Waals surface area contributed by atoms with Gasteiger partial charge in [0.1, 0.15) is 0 Å². The van der Waals surface area contributed by atoms with Crippen molar-refractivity contribution in [3.8, 4) is 0 Å². The van der Waals surface area contributed by atoms with Crippen LogP contribution in [-0.4, -0.2) is 18.1 Å². The second kappa shape index (κ2) is 6.10. The standard InChI is InChI=1S/C12H17NO3/c1-3-4-5-6-9-8-13-11(14)7-10(9)12(15)16-2/h7-8H,3-6H2,1-2H3,(H,13,14). The molecule has 0 aliphatic carbocycles. The number of ether oxygens (including phenoxy) is 1. The lowest BCUT2D eigenvalue weighted by Crippen LogP contribution is -2.13. The second-order valence-corrected chi connectivity index (χ2v) is 3.68. The van der Waals surface area contributed by atoms with E-state index in [0.717, 1.165) is 31.2 Å². The minimum atomic E-state index is -0.447. The highest BCUT2D eigenvalue weighted by Gasteiger charge is 2.11. The van der Waals surface area contributed by atoms with Crippen molar-refractivity contribution in [2.45, 2.75) is 32.6 Å². The molecule has 88 valence electrons.